The van der Waals surface area contributed by atoms with Gasteiger partial charge in [-0.3, -0.25) is 4.99 Å². The third kappa shape index (κ3) is 4.99. The van der Waals surface area contributed by atoms with Crippen molar-refractivity contribution >= 4 is 17.6 Å². The monoisotopic (exact) mass is 389 g/mol. The van der Waals surface area contributed by atoms with E-state index < -0.39 is 0 Å². The number of nitrogens with one attached hydrogen (secondary N) is 2. The molecule has 0 aliphatic carbocycles. The Morgan fingerprint density at radius 2 is 1.81 bits per heavy atom. The zero-order chi connectivity index (χ0) is 19.1. The molecule has 0 saturated carbocycles. The van der Waals surface area contributed by atoms with Crippen molar-refractivity contribution in [2.75, 3.05) is 26.8 Å². The van der Waals surface area contributed by atoms with Gasteiger partial charge in [-0.2, -0.15) is 0 Å². The summed E-state index contributed by atoms with van der Waals surface area (Å²) >= 11 is 6.22. The third-order valence-electron chi connectivity index (χ3n) is 5.13. The van der Waals surface area contributed by atoms with Gasteiger partial charge < -0.3 is 15.4 Å². The molecule has 0 spiro atoms. The Kier molecular flexibility index (Phi) is 6.69. The molecule has 0 atom stereocenters. The number of benzene rings is 2. The molecule has 6 heteroatoms. The number of hydrogen-bond donors (Lipinski definition) is 2. The van der Waals surface area contributed by atoms with E-state index in [9.17, 15) is 4.39 Å². The molecule has 1 saturated heterocycles. The lowest BCUT2D eigenvalue weighted by atomic mass is 9.74. The molecule has 3 rings (SSSR count). The molecule has 2 N–H and O–H groups in total. The van der Waals surface area contributed by atoms with E-state index in [1.807, 2.05) is 36.4 Å². The van der Waals surface area contributed by atoms with Gasteiger partial charge in [-0.1, -0.05) is 41.9 Å². The number of hydrogen-bond acceptors (Lipinski definition) is 2. The summed E-state index contributed by atoms with van der Waals surface area (Å²) < 4.78 is 18.9. The predicted octanol–water partition coefficient (Wildman–Crippen LogP) is 3.89. The summed E-state index contributed by atoms with van der Waals surface area (Å²) in [5.41, 5.74) is 2.04. The molecule has 4 nitrogen and oxygen atoms in total. The highest BCUT2D eigenvalue weighted by Gasteiger charge is 2.34. The molecule has 1 fully saturated rings. The Balaban J connectivity index is 1.67. The molecule has 0 unspecified atom stereocenters. The first kappa shape index (κ1) is 19.6. The first-order chi connectivity index (χ1) is 13.1. The van der Waals surface area contributed by atoms with Gasteiger partial charge in [0.25, 0.3) is 0 Å². The highest BCUT2D eigenvalue weighted by atomic mass is 35.5. The Hall–Kier alpha value is -2.11. The average molecular weight is 390 g/mol. The molecule has 0 bridgehead atoms. The highest BCUT2D eigenvalue weighted by Crippen LogP contribution is 2.34. The van der Waals surface area contributed by atoms with E-state index in [0.29, 0.717) is 32.3 Å². The Morgan fingerprint density at radius 3 is 2.48 bits per heavy atom. The number of aliphatic imine (C=N–C) groups is 1. The van der Waals surface area contributed by atoms with Gasteiger partial charge in [0.2, 0.25) is 0 Å². The zero-order valence-electron chi connectivity index (χ0n) is 15.5. The van der Waals surface area contributed by atoms with Crippen molar-refractivity contribution in [3.63, 3.8) is 0 Å². The van der Waals surface area contributed by atoms with Gasteiger partial charge in [-0.15, -0.1) is 0 Å². The van der Waals surface area contributed by atoms with Crippen LogP contribution in [0.25, 0.3) is 0 Å². The predicted molar refractivity (Wildman–Crippen MR) is 108 cm³/mol. The van der Waals surface area contributed by atoms with Gasteiger partial charge in [0.1, 0.15) is 5.82 Å². The van der Waals surface area contributed by atoms with Crippen LogP contribution >= 0.6 is 11.6 Å². The van der Waals surface area contributed by atoms with Crippen molar-refractivity contribution in [1.29, 1.82) is 0 Å². The average Bonchev–Trinajstić information content (AvgIpc) is 2.70. The van der Waals surface area contributed by atoms with E-state index in [0.717, 1.165) is 29.0 Å². The second-order valence-corrected chi connectivity index (χ2v) is 7.18. The van der Waals surface area contributed by atoms with Crippen LogP contribution in [0.2, 0.25) is 5.02 Å². The van der Waals surface area contributed by atoms with E-state index in [1.54, 1.807) is 7.05 Å². The van der Waals surface area contributed by atoms with Crippen molar-refractivity contribution < 1.29 is 9.13 Å². The zero-order valence-corrected chi connectivity index (χ0v) is 16.2. The molecule has 27 heavy (non-hydrogen) atoms. The molecular weight excluding hydrogens is 365 g/mol. The minimum absolute atomic E-state index is 0.103. The van der Waals surface area contributed by atoms with Crippen LogP contribution < -0.4 is 10.6 Å². The number of rotatable bonds is 5. The van der Waals surface area contributed by atoms with Crippen LogP contribution in [-0.4, -0.2) is 32.8 Å². The first-order valence-electron chi connectivity index (χ1n) is 9.15. The summed E-state index contributed by atoms with van der Waals surface area (Å²) in [5.74, 6) is 0.494. The van der Waals surface area contributed by atoms with Crippen molar-refractivity contribution in [2.45, 2.75) is 24.8 Å². The fraction of sp³-hybridized carbons (Fsp3) is 0.381. The van der Waals surface area contributed by atoms with Crippen molar-refractivity contribution in [3.05, 3.63) is 70.5 Å². The molecule has 1 aliphatic heterocycles. The number of guanidine groups is 1. The van der Waals surface area contributed by atoms with Gasteiger partial charge >= 0.3 is 0 Å². The van der Waals surface area contributed by atoms with Crippen molar-refractivity contribution in [1.82, 2.24) is 10.6 Å². The van der Waals surface area contributed by atoms with E-state index in [-0.39, 0.29) is 11.2 Å². The molecule has 2 aromatic carbocycles. The van der Waals surface area contributed by atoms with Crippen LogP contribution in [0.15, 0.2) is 53.5 Å². The maximum Gasteiger partial charge on any atom is 0.191 e. The number of ether oxygens (including phenoxy) is 1. The maximum atomic E-state index is 13.4. The molecule has 0 radical (unpaired) electrons. The highest BCUT2D eigenvalue weighted by molar-refractivity contribution is 6.31. The summed E-state index contributed by atoms with van der Waals surface area (Å²) in [5, 5.41) is 7.47. The lowest BCUT2D eigenvalue weighted by molar-refractivity contribution is 0.0513. The standard InChI is InChI=1S/C21H25ClFN3O/c1-24-20(25-14-16-4-2-3-5-19(16)22)26-15-21(10-12-27-13-11-21)17-6-8-18(23)9-7-17/h2-9H,10-15H2,1H3,(H2,24,25,26). The molecule has 1 heterocycles. The molecule has 0 amide bonds. The topological polar surface area (TPSA) is 45.7 Å². The summed E-state index contributed by atoms with van der Waals surface area (Å²) in [6.45, 7) is 2.69. The molecule has 2 aromatic rings. The SMILES string of the molecule is CN=C(NCc1ccccc1Cl)NCC1(c2ccc(F)cc2)CCOCC1. The van der Waals surface area contributed by atoms with Crippen molar-refractivity contribution in [3.8, 4) is 0 Å². The van der Waals surface area contributed by atoms with Gasteiger partial charge in [-0.25, -0.2) is 4.39 Å². The Bertz CT molecular complexity index is 773. The van der Waals surface area contributed by atoms with Crippen LogP contribution in [0.5, 0.6) is 0 Å². The van der Waals surface area contributed by atoms with Gasteiger partial charge in [0.15, 0.2) is 5.96 Å². The van der Waals surface area contributed by atoms with E-state index in [1.165, 1.54) is 12.1 Å². The lowest BCUT2D eigenvalue weighted by Gasteiger charge is -2.38. The summed E-state index contributed by atoms with van der Waals surface area (Å²) in [7, 11) is 1.75. The molecule has 0 aromatic heterocycles. The van der Waals surface area contributed by atoms with Gasteiger partial charge in [0, 0.05) is 43.8 Å². The second-order valence-electron chi connectivity index (χ2n) is 6.77. The fourth-order valence-corrected chi connectivity index (χ4v) is 3.63. The third-order valence-corrected chi connectivity index (χ3v) is 5.50. The smallest absolute Gasteiger partial charge is 0.191 e. The largest absolute Gasteiger partial charge is 0.381 e. The normalized spacial score (nSPS) is 16.8. The lowest BCUT2D eigenvalue weighted by Crippen LogP contribution is -2.47. The van der Waals surface area contributed by atoms with E-state index in [4.69, 9.17) is 16.3 Å². The van der Waals surface area contributed by atoms with Crippen LogP contribution in [0.3, 0.4) is 0 Å². The number of halogens is 2. The second kappa shape index (κ2) is 9.20. The quantitative estimate of drug-likeness (QED) is 0.602. The first-order valence-corrected chi connectivity index (χ1v) is 9.52. The fourth-order valence-electron chi connectivity index (χ4n) is 3.43. The summed E-state index contributed by atoms with van der Waals surface area (Å²) in [4.78, 5) is 4.32. The molecular formula is C21H25ClFN3O. The maximum absolute atomic E-state index is 13.4. The summed E-state index contributed by atoms with van der Waals surface area (Å²) in [6, 6.07) is 14.5. The Morgan fingerprint density at radius 1 is 1.11 bits per heavy atom. The summed E-state index contributed by atoms with van der Waals surface area (Å²) in [6.07, 6.45) is 1.76. The van der Waals surface area contributed by atoms with Crippen LogP contribution in [0.4, 0.5) is 4.39 Å². The van der Waals surface area contributed by atoms with Crippen LogP contribution in [0, 0.1) is 5.82 Å². The van der Waals surface area contributed by atoms with Crippen LogP contribution in [0.1, 0.15) is 24.0 Å². The number of nitrogens with zero attached hydrogens (tertiary/aromatic N) is 1. The van der Waals surface area contributed by atoms with E-state index >= 15 is 0 Å². The van der Waals surface area contributed by atoms with Crippen LogP contribution in [-0.2, 0) is 16.7 Å². The van der Waals surface area contributed by atoms with Gasteiger partial charge in [-0.05, 0) is 42.2 Å². The van der Waals surface area contributed by atoms with Crippen molar-refractivity contribution in [2.24, 2.45) is 4.99 Å². The van der Waals surface area contributed by atoms with Gasteiger partial charge in [0.05, 0.1) is 0 Å². The minimum Gasteiger partial charge on any atom is -0.381 e. The molecule has 144 valence electrons. The Labute approximate surface area is 164 Å². The van der Waals surface area contributed by atoms with E-state index in [2.05, 4.69) is 15.6 Å². The molecule has 1 aliphatic rings. The minimum atomic E-state index is -0.217.